The molecule has 0 unspecified atom stereocenters. The van der Waals surface area contributed by atoms with Crippen LogP contribution in [-0.2, 0) is 11.2 Å². The molecule has 0 aliphatic heterocycles. The first-order valence-corrected chi connectivity index (χ1v) is 10.1. The van der Waals surface area contributed by atoms with Crippen molar-refractivity contribution in [3.8, 4) is 11.3 Å². The second-order valence-corrected chi connectivity index (χ2v) is 7.65. The molecule has 2 amide bonds. The van der Waals surface area contributed by atoms with E-state index in [0.29, 0.717) is 5.76 Å². The molecule has 5 heteroatoms. The molecule has 4 rings (SSSR count). The molecular formula is C23H26N2O3. The van der Waals surface area contributed by atoms with Gasteiger partial charge in [0, 0.05) is 12.6 Å². The Morgan fingerprint density at radius 2 is 1.93 bits per heavy atom. The minimum atomic E-state index is -0.516. The molecule has 1 aromatic heterocycles. The fourth-order valence-electron chi connectivity index (χ4n) is 4.26. The molecule has 2 aliphatic rings. The van der Waals surface area contributed by atoms with Gasteiger partial charge in [-0.05, 0) is 54.5 Å². The summed E-state index contributed by atoms with van der Waals surface area (Å²) in [6.45, 7) is 0. The highest BCUT2D eigenvalue weighted by Crippen LogP contribution is 2.29. The summed E-state index contributed by atoms with van der Waals surface area (Å²) in [7, 11) is 1.61. The van der Waals surface area contributed by atoms with E-state index < -0.39 is 6.04 Å². The Hall–Kier alpha value is -2.82. The smallest absolute Gasteiger partial charge is 0.287 e. The lowest BCUT2D eigenvalue weighted by Crippen LogP contribution is -2.50. The molecule has 1 fully saturated rings. The third-order valence-electron chi connectivity index (χ3n) is 5.83. The molecule has 2 aliphatic carbocycles. The summed E-state index contributed by atoms with van der Waals surface area (Å²) in [6.07, 6.45) is 10.5. The summed E-state index contributed by atoms with van der Waals surface area (Å²) in [4.78, 5) is 25.1. The zero-order valence-electron chi connectivity index (χ0n) is 16.2. The number of carbonyl (C=O) groups is 2. The second-order valence-electron chi connectivity index (χ2n) is 7.65. The van der Waals surface area contributed by atoms with Crippen molar-refractivity contribution in [3.63, 3.8) is 0 Å². The van der Waals surface area contributed by atoms with Crippen molar-refractivity contribution in [1.29, 1.82) is 0 Å². The quantitative estimate of drug-likeness (QED) is 0.828. The van der Waals surface area contributed by atoms with Gasteiger partial charge in [0.1, 0.15) is 11.8 Å². The number of furan rings is 1. The highest BCUT2D eigenvalue weighted by atomic mass is 16.3. The maximum Gasteiger partial charge on any atom is 0.287 e. The molecule has 1 atom stereocenters. The summed E-state index contributed by atoms with van der Waals surface area (Å²) < 4.78 is 5.83. The van der Waals surface area contributed by atoms with Crippen molar-refractivity contribution < 1.29 is 14.0 Å². The van der Waals surface area contributed by atoms with Gasteiger partial charge in [-0.15, -0.1) is 0 Å². The van der Waals surface area contributed by atoms with E-state index >= 15 is 0 Å². The van der Waals surface area contributed by atoms with Gasteiger partial charge in [-0.2, -0.15) is 0 Å². The Balaban J connectivity index is 1.49. The van der Waals surface area contributed by atoms with Crippen LogP contribution in [0.15, 0.2) is 40.8 Å². The predicted molar refractivity (Wildman–Crippen MR) is 109 cm³/mol. The van der Waals surface area contributed by atoms with Gasteiger partial charge in [-0.3, -0.25) is 9.59 Å². The fraction of sp³-hybridized carbons (Fsp3) is 0.391. The minimum absolute atomic E-state index is 0.141. The average molecular weight is 378 g/mol. The van der Waals surface area contributed by atoms with E-state index in [1.807, 2.05) is 12.1 Å². The molecule has 1 aromatic carbocycles. The van der Waals surface area contributed by atoms with Crippen LogP contribution in [0.2, 0.25) is 0 Å². The monoisotopic (exact) mass is 378 g/mol. The van der Waals surface area contributed by atoms with Crippen molar-refractivity contribution in [3.05, 3.63) is 53.3 Å². The van der Waals surface area contributed by atoms with Gasteiger partial charge in [0.05, 0.1) is 0 Å². The van der Waals surface area contributed by atoms with Gasteiger partial charge in [0.15, 0.2) is 5.76 Å². The Labute approximate surface area is 165 Å². The summed E-state index contributed by atoms with van der Waals surface area (Å²) in [6, 6.07) is 9.15. The molecular weight excluding hydrogens is 352 g/mol. The summed E-state index contributed by atoms with van der Waals surface area (Å²) in [5.41, 5.74) is 3.45. The van der Waals surface area contributed by atoms with Crippen LogP contribution in [0, 0.1) is 5.92 Å². The summed E-state index contributed by atoms with van der Waals surface area (Å²) in [5.74, 6) is 0.593. The van der Waals surface area contributed by atoms with Crippen LogP contribution in [0.3, 0.4) is 0 Å². The molecule has 28 heavy (non-hydrogen) atoms. The standard InChI is InChI=1S/C23H26N2O3/c1-24-23(27)21(16-6-3-2-4-7-16)25-22(26)20-13-12-19(28-20)18-11-10-15-8-5-9-17(15)14-18/h5,8,10-14,16,21H,2-4,6-7,9H2,1H3,(H,24,27)(H,25,26)/t21-/m0/s1. The Bertz CT molecular complexity index is 906. The molecule has 2 aromatic rings. The molecule has 0 saturated heterocycles. The molecule has 2 N–H and O–H groups in total. The molecule has 1 heterocycles. The minimum Gasteiger partial charge on any atom is -0.451 e. The number of nitrogens with one attached hydrogen (secondary N) is 2. The van der Waals surface area contributed by atoms with Gasteiger partial charge in [-0.25, -0.2) is 0 Å². The molecule has 0 bridgehead atoms. The SMILES string of the molecule is CNC(=O)[C@@H](NC(=O)c1ccc(-c2ccc3c(c2)CC=C3)o1)C1CCCCC1. The lowest BCUT2D eigenvalue weighted by atomic mass is 9.83. The second kappa shape index (κ2) is 8.05. The molecule has 0 spiro atoms. The van der Waals surface area contributed by atoms with Crippen molar-refractivity contribution in [1.82, 2.24) is 10.6 Å². The van der Waals surface area contributed by atoms with E-state index in [1.165, 1.54) is 17.5 Å². The lowest BCUT2D eigenvalue weighted by Gasteiger charge is -2.29. The lowest BCUT2D eigenvalue weighted by molar-refractivity contribution is -0.124. The van der Waals surface area contributed by atoms with Gasteiger partial charge < -0.3 is 15.1 Å². The van der Waals surface area contributed by atoms with Gasteiger partial charge in [0.25, 0.3) is 5.91 Å². The van der Waals surface area contributed by atoms with E-state index in [0.717, 1.165) is 37.7 Å². The molecule has 1 saturated carbocycles. The maximum atomic E-state index is 12.8. The topological polar surface area (TPSA) is 71.3 Å². The number of benzene rings is 1. The first kappa shape index (κ1) is 18.5. The zero-order valence-corrected chi connectivity index (χ0v) is 16.2. The fourth-order valence-corrected chi connectivity index (χ4v) is 4.26. The average Bonchev–Trinajstić information content (AvgIpc) is 3.40. The van der Waals surface area contributed by atoms with Crippen molar-refractivity contribution in [2.75, 3.05) is 7.05 Å². The van der Waals surface area contributed by atoms with Crippen LogP contribution in [0.25, 0.3) is 17.4 Å². The first-order chi connectivity index (χ1) is 13.7. The summed E-state index contributed by atoms with van der Waals surface area (Å²) in [5, 5.41) is 5.59. The van der Waals surface area contributed by atoms with Gasteiger partial charge in [-0.1, -0.05) is 43.5 Å². The maximum absolute atomic E-state index is 12.8. The number of allylic oxidation sites excluding steroid dienone is 1. The Kier molecular flexibility index (Phi) is 5.33. The first-order valence-electron chi connectivity index (χ1n) is 10.1. The number of hydrogen-bond acceptors (Lipinski definition) is 3. The predicted octanol–water partition coefficient (Wildman–Crippen LogP) is 3.94. The number of hydrogen-bond donors (Lipinski definition) is 2. The highest BCUT2D eigenvalue weighted by molar-refractivity contribution is 5.96. The number of amides is 2. The third kappa shape index (κ3) is 3.75. The Morgan fingerprint density at radius 1 is 1.11 bits per heavy atom. The van der Waals surface area contributed by atoms with Crippen LogP contribution in [0.1, 0.15) is 53.8 Å². The highest BCUT2D eigenvalue weighted by Gasteiger charge is 2.31. The normalized spacial score (nSPS) is 17.2. The van der Waals surface area contributed by atoms with Crippen LogP contribution in [-0.4, -0.2) is 24.9 Å². The van der Waals surface area contributed by atoms with Gasteiger partial charge >= 0.3 is 0 Å². The van der Waals surface area contributed by atoms with Crippen LogP contribution < -0.4 is 10.6 Å². The molecule has 0 radical (unpaired) electrons. The van der Waals surface area contributed by atoms with E-state index in [1.54, 1.807) is 13.1 Å². The summed E-state index contributed by atoms with van der Waals surface area (Å²) >= 11 is 0. The number of rotatable bonds is 5. The molecule has 5 nitrogen and oxygen atoms in total. The molecule has 146 valence electrons. The van der Waals surface area contributed by atoms with Crippen LogP contribution in [0.5, 0.6) is 0 Å². The van der Waals surface area contributed by atoms with Crippen LogP contribution in [0.4, 0.5) is 0 Å². The number of carbonyl (C=O) groups excluding carboxylic acids is 2. The van der Waals surface area contributed by atoms with E-state index in [-0.39, 0.29) is 23.5 Å². The van der Waals surface area contributed by atoms with E-state index in [9.17, 15) is 9.59 Å². The van der Waals surface area contributed by atoms with Gasteiger partial charge in [0.2, 0.25) is 5.91 Å². The number of likely N-dealkylation sites (N-methyl/N-ethyl adjacent to an activating group) is 1. The Morgan fingerprint density at radius 3 is 2.71 bits per heavy atom. The third-order valence-corrected chi connectivity index (χ3v) is 5.83. The zero-order chi connectivity index (χ0) is 19.5. The van der Waals surface area contributed by atoms with E-state index in [4.69, 9.17) is 4.42 Å². The largest absolute Gasteiger partial charge is 0.451 e. The van der Waals surface area contributed by atoms with E-state index in [2.05, 4.69) is 34.9 Å². The van der Waals surface area contributed by atoms with Crippen LogP contribution >= 0.6 is 0 Å². The van der Waals surface area contributed by atoms with Crippen molar-refractivity contribution in [2.45, 2.75) is 44.6 Å². The van der Waals surface area contributed by atoms with Crippen molar-refractivity contribution >= 4 is 17.9 Å². The number of fused-ring (bicyclic) bond motifs is 1. The van der Waals surface area contributed by atoms with Crippen molar-refractivity contribution in [2.24, 2.45) is 5.92 Å².